The minimum atomic E-state index is -1.04. The molecule has 0 aromatic heterocycles. The number of nitrogens with one attached hydrogen (secondary N) is 1. The second-order valence-electron chi connectivity index (χ2n) is 13.9. The Balaban J connectivity index is 1.26. The quantitative estimate of drug-likeness (QED) is 0.141. The number of nitrogens with two attached hydrogens (primary N) is 1. The first kappa shape index (κ1) is 35.8. The highest BCUT2D eigenvalue weighted by atomic mass is 16.6. The number of dihydropyridines is 1. The van der Waals surface area contributed by atoms with E-state index in [9.17, 15) is 19.7 Å². The van der Waals surface area contributed by atoms with Crippen LogP contribution in [0.5, 0.6) is 0 Å². The average Bonchev–Trinajstić information content (AvgIpc) is 3.12. The van der Waals surface area contributed by atoms with Crippen molar-refractivity contribution < 1.29 is 24.0 Å². The third-order valence-electron chi connectivity index (χ3n) is 10.2. The number of nitro benzene ring substituents is 1. The number of piperidine rings is 1. The SMILES string of the molecule is CC1=C(C(=O)OC2CCCCC2N(C)Cc2ccccc2)C(c2cccc([N+](=O)[O-])c2)C(C(=O)OC2CCCN(Cc3ccccc3)C2)=C(N)N1. The fraction of sp³-hybridized carbons (Fsp3) is 0.400. The van der Waals surface area contributed by atoms with Gasteiger partial charge in [0.15, 0.2) is 0 Å². The van der Waals surface area contributed by atoms with Gasteiger partial charge in [0, 0.05) is 43.5 Å². The highest BCUT2D eigenvalue weighted by molar-refractivity contribution is 6.00. The topological polar surface area (TPSA) is 140 Å². The molecule has 3 aliphatic rings. The summed E-state index contributed by atoms with van der Waals surface area (Å²) in [5, 5.41) is 14.9. The van der Waals surface area contributed by atoms with Crippen molar-refractivity contribution in [1.82, 2.24) is 15.1 Å². The summed E-state index contributed by atoms with van der Waals surface area (Å²) in [4.78, 5) is 44.4. The van der Waals surface area contributed by atoms with E-state index in [1.807, 2.05) is 43.4 Å². The van der Waals surface area contributed by atoms with Crippen LogP contribution >= 0.6 is 0 Å². The Morgan fingerprint density at radius 3 is 2.31 bits per heavy atom. The van der Waals surface area contributed by atoms with Crippen molar-refractivity contribution in [2.24, 2.45) is 5.73 Å². The largest absolute Gasteiger partial charge is 0.458 e. The first-order valence-electron chi connectivity index (χ1n) is 17.8. The van der Waals surface area contributed by atoms with Crippen LogP contribution < -0.4 is 11.1 Å². The molecule has 4 atom stereocenters. The van der Waals surface area contributed by atoms with Crippen molar-refractivity contribution in [3.8, 4) is 0 Å². The number of likely N-dealkylation sites (tertiary alicyclic amines) is 1. The summed E-state index contributed by atoms with van der Waals surface area (Å²) >= 11 is 0. The molecule has 6 rings (SSSR count). The van der Waals surface area contributed by atoms with E-state index in [1.54, 1.807) is 19.1 Å². The zero-order chi connectivity index (χ0) is 35.9. The van der Waals surface area contributed by atoms with Crippen LogP contribution in [0.15, 0.2) is 108 Å². The molecule has 3 aromatic carbocycles. The van der Waals surface area contributed by atoms with Crippen LogP contribution in [0.1, 0.15) is 68.1 Å². The van der Waals surface area contributed by atoms with Gasteiger partial charge in [0.25, 0.3) is 5.69 Å². The number of ether oxygens (including phenoxy) is 2. The summed E-state index contributed by atoms with van der Waals surface area (Å²) in [6.45, 7) is 4.58. The molecular weight excluding hydrogens is 646 g/mol. The number of nitro groups is 1. The third kappa shape index (κ3) is 8.66. The number of hydrogen-bond acceptors (Lipinski definition) is 10. The van der Waals surface area contributed by atoms with E-state index in [2.05, 4.69) is 39.4 Å². The van der Waals surface area contributed by atoms with E-state index in [0.29, 0.717) is 37.2 Å². The molecule has 2 heterocycles. The molecule has 2 aliphatic heterocycles. The maximum Gasteiger partial charge on any atom is 0.338 e. The fourth-order valence-electron chi connectivity index (χ4n) is 7.72. The Kier molecular flexibility index (Phi) is 11.5. The Labute approximate surface area is 299 Å². The lowest BCUT2D eigenvalue weighted by Gasteiger charge is -2.38. The van der Waals surface area contributed by atoms with Gasteiger partial charge in [0.1, 0.15) is 18.0 Å². The monoisotopic (exact) mass is 693 g/mol. The maximum atomic E-state index is 14.4. The Hall–Kier alpha value is -5.00. The molecule has 0 spiro atoms. The van der Waals surface area contributed by atoms with Gasteiger partial charge in [0.2, 0.25) is 0 Å². The van der Waals surface area contributed by atoms with Crippen molar-refractivity contribution in [3.63, 3.8) is 0 Å². The third-order valence-corrected chi connectivity index (χ3v) is 10.2. The fourth-order valence-corrected chi connectivity index (χ4v) is 7.72. The highest BCUT2D eigenvalue weighted by Gasteiger charge is 2.42. The van der Waals surface area contributed by atoms with E-state index in [-0.39, 0.29) is 34.8 Å². The van der Waals surface area contributed by atoms with Gasteiger partial charge in [-0.1, -0.05) is 79.2 Å². The summed E-state index contributed by atoms with van der Waals surface area (Å²) in [7, 11) is 2.05. The minimum Gasteiger partial charge on any atom is -0.458 e. The molecule has 2 fully saturated rings. The lowest BCUT2D eigenvalue weighted by Crippen LogP contribution is -2.46. The van der Waals surface area contributed by atoms with Gasteiger partial charge in [-0.05, 0) is 69.3 Å². The number of esters is 2. The van der Waals surface area contributed by atoms with Crippen molar-refractivity contribution in [2.75, 3.05) is 20.1 Å². The van der Waals surface area contributed by atoms with Crippen molar-refractivity contribution in [1.29, 1.82) is 0 Å². The zero-order valence-corrected chi connectivity index (χ0v) is 29.3. The highest BCUT2D eigenvalue weighted by Crippen LogP contribution is 2.40. The number of hydrogen-bond donors (Lipinski definition) is 2. The first-order valence-corrected chi connectivity index (χ1v) is 17.8. The van der Waals surface area contributed by atoms with Gasteiger partial charge in [-0.2, -0.15) is 0 Å². The molecule has 4 unspecified atom stereocenters. The van der Waals surface area contributed by atoms with E-state index >= 15 is 0 Å². The Morgan fingerprint density at radius 1 is 0.902 bits per heavy atom. The summed E-state index contributed by atoms with van der Waals surface area (Å²) in [6, 6.07) is 26.3. The summed E-state index contributed by atoms with van der Waals surface area (Å²) in [5.41, 5.74) is 9.73. The second-order valence-corrected chi connectivity index (χ2v) is 13.9. The summed E-state index contributed by atoms with van der Waals surface area (Å²) < 4.78 is 12.5. The van der Waals surface area contributed by atoms with Crippen LogP contribution in [0.2, 0.25) is 0 Å². The lowest BCUT2D eigenvalue weighted by molar-refractivity contribution is -0.384. The van der Waals surface area contributed by atoms with Gasteiger partial charge in [-0.25, -0.2) is 9.59 Å². The van der Waals surface area contributed by atoms with E-state index < -0.39 is 28.9 Å². The molecule has 268 valence electrons. The molecule has 3 N–H and O–H groups in total. The Morgan fingerprint density at radius 2 is 1.59 bits per heavy atom. The number of non-ortho nitro benzene ring substituents is 1. The van der Waals surface area contributed by atoms with Gasteiger partial charge < -0.3 is 20.5 Å². The van der Waals surface area contributed by atoms with Crippen molar-refractivity contribution >= 4 is 17.6 Å². The number of carbonyl (C=O) groups excluding carboxylic acids is 2. The zero-order valence-electron chi connectivity index (χ0n) is 29.3. The van der Waals surface area contributed by atoms with Gasteiger partial charge in [0.05, 0.1) is 22.0 Å². The summed E-state index contributed by atoms with van der Waals surface area (Å²) in [6.07, 6.45) is 4.27. The van der Waals surface area contributed by atoms with Crippen LogP contribution in [0.4, 0.5) is 5.69 Å². The molecule has 11 heteroatoms. The predicted octanol–water partition coefficient (Wildman–Crippen LogP) is 5.92. The number of allylic oxidation sites excluding steroid dienone is 1. The predicted molar refractivity (Wildman–Crippen MR) is 194 cm³/mol. The van der Waals surface area contributed by atoms with E-state index in [1.165, 1.54) is 23.3 Å². The van der Waals surface area contributed by atoms with Crippen molar-refractivity contribution in [2.45, 2.75) is 82.7 Å². The normalized spacial score (nSPS) is 22.7. The molecule has 11 nitrogen and oxygen atoms in total. The molecule has 0 bridgehead atoms. The minimum absolute atomic E-state index is 0.00759. The molecule has 0 amide bonds. The standard InChI is InChI=1S/C40H47N5O6/c1-27-35(39(46)51-34-21-10-9-20-33(34)43(2)24-28-13-5-3-6-14-28)36(30-17-11-18-31(23-30)45(48)49)37(38(41)42-27)40(47)50-32-19-12-22-44(26-32)25-29-15-7-4-8-16-29/h3-8,11,13-18,23,32-34,36,42H,9-10,12,19-22,24-26,41H2,1-2H3. The number of rotatable bonds is 11. The molecule has 51 heavy (non-hydrogen) atoms. The van der Waals surface area contributed by atoms with Gasteiger partial charge in [-0.15, -0.1) is 0 Å². The molecular formula is C40H47N5O6. The molecule has 1 aliphatic carbocycles. The smallest absolute Gasteiger partial charge is 0.338 e. The van der Waals surface area contributed by atoms with Crippen LogP contribution in [0.3, 0.4) is 0 Å². The second kappa shape index (κ2) is 16.3. The molecule has 3 aromatic rings. The van der Waals surface area contributed by atoms with Crippen LogP contribution in [-0.2, 0) is 32.2 Å². The number of nitrogens with zero attached hydrogens (tertiary/aromatic N) is 3. The summed E-state index contributed by atoms with van der Waals surface area (Å²) in [5.74, 6) is -2.26. The average molecular weight is 694 g/mol. The van der Waals surface area contributed by atoms with E-state index in [4.69, 9.17) is 15.2 Å². The number of carbonyl (C=O) groups is 2. The molecule has 1 saturated carbocycles. The van der Waals surface area contributed by atoms with Crippen molar-refractivity contribution in [3.05, 3.63) is 134 Å². The van der Waals surface area contributed by atoms with Gasteiger partial charge >= 0.3 is 11.9 Å². The van der Waals surface area contributed by atoms with Crippen LogP contribution in [0.25, 0.3) is 0 Å². The van der Waals surface area contributed by atoms with Gasteiger partial charge in [-0.3, -0.25) is 19.9 Å². The van der Waals surface area contributed by atoms with Crippen LogP contribution in [-0.4, -0.2) is 65.0 Å². The lowest BCUT2D eigenvalue weighted by atomic mass is 9.81. The van der Waals surface area contributed by atoms with Crippen LogP contribution in [0, 0.1) is 10.1 Å². The number of likely N-dealkylation sites (N-methyl/N-ethyl adjacent to an activating group) is 1. The Bertz CT molecular complexity index is 1780. The molecule has 0 radical (unpaired) electrons. The van der Waals surface area contributed by atoms with E-state index in [0.717, 1.165) is 38.8 Å². The molecule has 1 saturated heterocycles. The first-order chi connectivity index (χ1) is 24.7. The number of benzene rings is 3. The maximum absolute atomic E-state index is 14.4.